The molecule has 2 fully saturated rings. The number of nitrogens with zero attached hydrogens (tertiary/aromatic N) is 1. The topological polar surface area (TPSA) is 54.5 Å². The summed E-state index contributed by atoms with van der Waals surface area (Å²) >= 11 is 0. The third-order valence-electron chi connectivity index (χ3n) is 4.67. The summed E-state index contributed by atoms with van der Waals surface area (Å²) in [5, 5.41) is 0. The average Bonchev–Trinajstić information content (AvgIpc) is 2.80. The number of Topliss-reactive ketones (excluding diaryl/α,β-unsaturated/α-hetero) is 3. The van der Waals surface area contributed by atoms with Crippen molar-refractivity contribution in [3.05, 3.63) is 35.9 Å². The van der Waals surface area contributed by atoms with Crippen LogP contribution in [0.1, 0.15) is 37.7 Å². The number of benzene rings is 1. The maximum absolute atomic E-state index is 12.2. The standard InChI is InChI=1S/C18H21NO3/c20-15-8-14(9-16(21)11-15)10-17-18(22)6-7-19(17)12-13-4-2-1-3-5-13/h1-5,14,17H,6-12H2/t17-/m0/s1. The van der Waals surface area contributed by atoms with Gasteiger partial charge in [-0.15, -0.1) is 0 Å². The van der Waals surface area contributed by atoms with E-state index in [-0.39, 0.29) is 35.7 Å². The molecule has 1 aliphatic carbocycles. The van der Waals surface area contributed by atoms with E-state index in [0.29, 0.717) is 25.7 Å². The molecule has 0 aromatic heterocycles. The third kappa shape index (κ3) is 3.50. The Morgan fingerprint density at radius 2 is 1.68 bits per heavy atom. The van der Waals surface area contributed by atoms with Gasteiger partial charge in [0, 0.05) is 32.4 Å². The Hall–Kier alpha value is -1.81. The Morgan fingerprint density at radius 1 is 1.00 bits per heavy atom. The molecule has 0 unspecified atom stereocenters. The second kappa shape index (κ2) is 6.53. The molecule has 4 nitrogen and oxygen atoms in total. The van der Waals surface area contributed by atoms with Gasteiger partial charge < -0.3 is 0 Å². The summed E-state index contributed by atoms with van der Waals surface area (Å²) < 4.78 is 0. The molecule has 116 valence electrons. The summed E-state index contributed by atoms with van der Waals surface area (Å²) in [4.78, 5) is 37.6. The Morgan fingerprint density at radius 3 is 2.36 bits per heavy atom. The maximum Gasteiger partial charge on any atom is 0.151 e. The molecular weight excluding hydrogens is 278 g/mol. The predicted molar refractivity (Wildman–Crippen MR) is 82.2 cm³/mol. The van der Waals surface area contributed by atoms with Crippen LogP contribution in [0.25, 0.3) is 0 Å². The van der Waals surface area contributed by atoms with Crippen molar-refractivity contribution in [1.29, 1.82) is 0 Å². The van der Waals surface area contributed by atoms with Crippen LogP contribution in [0.2, 0.25) is 0 Å². The quantitative estimate of drug-likeness (QED) is 0.800. The number of ketones is 3. The first-order valence-electron chi connectivity index (χ1n) is 7.96. The van der Waals surface area contributed by atoms with Gasteiger partial charge in [-0.3, -0.25) is 19.3 Å². The Bertz CT molecular complexity index is 565. The zero-order valence-electron chi connectivity index (χ0n) is 12.7. The minimum absolute atomic E-state index is 0.0290. The lowest BCUT2D eigenvalue weighted by Gasteiger charge is -2.28. The Balaban J connectivity index is 1.66. The molecule has 0 spiro atoms. The summed E-state index contributed by atoms with van der Waals surface area (Å²) in [6, 6.07) is 9.97. The minimum atomic E-state index is -0.135. The summed E-state index contributed by atoms with van der Waals surface area (Å²) in [6.07, 6.45) is 2.21. The van der Waals surface area contributed by atoms with E-state index in [4.69, 9.17) is 0 Å². The van der Waals surface area contributed by atoms with Crippen LogP contribution in [0.15, 0.2) is 30.3 Å². The molecule has 1 heterocycles. The van der Waals surface area contributed by atoms with Gasteiger partial charge in [-0.2, -0.15) is 0 Å². The van der Waals surface area contributed by atoms with Crippen LogP contribution in [0, 0.1) is 5.92 Å². The first kappa shape index (κ1) is 15.1. The fraction of sp³-hybridized carbons (Fsp3) is 0.500. The molecule has 0 amide bonds. The first-order valence-corrected chi connectivity index (χ1v) is 7.96. The number of hydrogen-bond acceptors (Lipinski definition) is 4. The van der Waals surface area contributed by atoms with Gasteiger partial charge in [0.2, 0.25) is 0 Å². The van der Waals surface area contributed by atoms with Crippen molar-refractivity contribution in [2.75, 3.05) is 6.54 Å². The molecule has 1 saturated heterocycles. The lowest BCUT2D eigenvalue weighted by atomic mass is 9.82. The van der Waals surface area contributed by atoms with Crippen molar-refractivity contribution >= 4 is 17.3 Å². The number of rotatable bonds is 4. The van der Waals surface area contributed by atoms with E-state index in [1.54, 1.807) is 0 Å². The Labute approximate surface area is 130 Å². The molecule has 22 heavy (non-hydrogen) atoms. The maximum atomic E-state index is 12.2. The second-order valence-corrected chi connectivity index (χ2v) is 6.45. The highest BCUT2D eigenvalue weighted by Crippen LogP contribution is 2.29. The van der Waals surface area contributed by atoms with Crippen LogP contribution in [0.3, 0.4) is 0 Å². The monoisotopic (exact) mass is 299 g/mol. The summed E-state index contributed by atoms with van der Waals surface area (Å²) in [6.45, 7) is 1.53. The molecule has 0 bridgehead atoms. The highest BCUT2D eigenvalue weighted by molar-refractivity contribution is 6.01. The molecular formula is C18H21NO3. The predicted octanol–water partition coefficient (Wildman–Crippen LogP) is 2.16. The van der Waals surface area contributed by atoms with Crippen molar-refractivity contribution in [3.63, 3.8) is 0 Å². The molecule has 1 atom stereocenters. The van der Waals surface area contributed by atoms with E-state index in [1.165, 1.54) is 5.56 Å². The molecule has 0 N–H and O–H groups in total. The first-order chi connectivity index (χ1) is 10.6. The van der Waals surface area contributed by atoms with Crippen LogP contribution >= 0.6 is 0 Å². The summed E-state index contributed by atoms with van der Waals surface area (Å²) in [5.41, 5.74) is 1.19. The van der Waals surface area contributed by atoms with Gasteiger partial charge in [0.25, 0.3) is 0 Å². The van der Waals surface area contributed by atoms with E-state index in [0.717, 1.165) is 13.1 Å². The highest BCUT2D eigenvalue weighted by atomic mass is 16.1. The van der Waals surface area contributed by atoms with Crippen molar-refractivity contribution in [2.24, 2.45) is 5.92 Å². The molecule has 1 saturated carbocycles. The van der Waals surface area contributed by atoms with Gasteiger partial charge in [-0.1, -0.05) is 30.3 Å². The van der Waals surface area contributed by atoms with Crippen molar-refractivity contribution < 1.29 is 14.4 Å². The summed E-state index contributed by atoms with van der Waals surface area (Å²) in [5.74, 6) is 0.350. The van der Waals surface area contributed by atoms with Gasteiger partial charge in [0.15, 0.2) is 5.78 Å². The fourth-order valence-electron chi connectivity index (χ4n) is 3.63. The molecule has 4 heteroatoms. The Kier molecular flexibility index (Phi) is 4.48. The second-order valence-electron chi connectivity index (χ2n) is 6.45. The van der Waals surface area contributed by atoms with Gasteiger partial charge in [0.1, 0.15) is 11.6 Å². The largest absolute Gasteiger partial charge is 0.299 e. The lowest BCUT2D eigenvalue weighted by Crippen LogP contribution is -2.36. The van der Waals surface area contributed by atoms with E-state index >= 15 is 0 Å². The average molecular weight is 299 g/mol. The smallest absolute Gasteiger partial charge is 0.151 e. The van der Waals surface area contributed by atoms with E-state index in [1.807, 2.05) is 18.2 Å². The van der Waals surface area contributed by atoms with Gasteiger partial charge >= 0.3 is 0 Å². The van der Waals surface area contributed by atoms with E-state index < -0.39 is 0 Å². The van der Waals surface area contributed by atoms with Crippen molar-refractivity contribution in [3.8, 4) is 0 Å². The molecule has 3 rings (SSSR count). The molecule has 0 radical (unpaired) electrons. The van der Waals surface area contributed by atoms with Crippen molar-refractivity contribution in [2.45, 2.75) is 44.7 Å². The SMILES string of the molecule is O=C1CC(=O)CC(C[C@H]2C(=O)CCN2Cc2ccccc2)C1. The van der Waals surface area contributed by atoms with Gasteiger partial charge in [-0.05, 0) is 17.9 Å². The van der Waals surface area contributed by atoms with E-state index in [9.17, 15) is 14.4 Å². The number of hydrogen-bond donors (Lipinski definition) is 0. The molecule has 1 aromatic rings. The molecule has 1 aliphatic heterocycles. The van der Waals surface area contributed by atoms with Crippen molar-refractivity contribution in [1.82, 2.24) is 4.90 Å². The number of carbonyl (C=O) groups is 3. The number of likely N-dealkylation sites (tertiary alicyclic amines) is 1. The van der Waals surface area contributed by atoms with Gasteiger partial charge in [-0.25, -0.2) is 0 Å². The van der Waals surface area contributed by atoms with Crippen LogP contribution in [-0.2, 0) is 20.9 Å². The molecule has 2 aliphatic rings. The van der Waals surface area contributed by atoms with E-state index in [2.05, 4.69) is 17.0 Å². The van der Waals surface area contributed by atoms with Crippen LogP contribution in [-0.4, -0.2) is 34.8 Å². The lowest BCUT2D eigenvalue weighted by molar-refractivity contribution is -0.132. The number of carbonyl (C=O) groups excluding carboxylic acids is 3. The van der Waals surface area contributed by atoms with Crippen LogP contribution < -0.4 is 0 Å². The highest BCUT2D eigenvalue weighted by Gasteiger charge is 2.36. The molecule has 1 aromatic carbocycles. The van der Waals surface area contributed by atoms with Crippen LogP contribution in [0.5, 0.6) is 0 Å². The summed E-state index contributed by atoms with van der Waals surface area (Å²) in [7, 11) is 0. The normalized spacial score (nSPS) is 24.2. The van der Waals surface area contributed by atoms with Crippen LogP contribution in [0.4, 0.5) is 0 Å². The van der Waals surface area contributed by atoms with Gasteiger partial charge in [0.05, 0.1) is 12.5 Å². The zero-order valence-corrected chi connectivity index (χ0v) is 12.7. The zero-order chi connectivity index (χ0) is 15.5. The minimum Gasteiger partial charge on any atom is -0.299 e. The fourth-order valence-corrected chi connectivity index (χ4v) is 3.63. The third-order valence-corrected chi connectivity index (χ3v) is 4.67.